The maximum atomic E-state index is 11.5. The number of aryl methyl sites for hydroxylation is 1. The first kappa shape index (κ1) is 9.52. The van der Waals surface area contributed by atoms with Crippen molar-refractivity contribution in [2.24, 2.45) is 7.05 Å². The van der Waals surface area contributed by atoms with Crippen molar-refractivity contribution in [1.82, 2.24) is 4.57 Å². The molecule has 66 valence electrons. The summed E-state index contributed by atoms with van der Waals surface area (Å²) in [6, 6.07) is 1.90. The van der Waals surface area contributed by atoms with Crippen molar-refractivity contribution in [3.63, 3.8) is 0 Å². The summed E-state index contributed by atoms with van der Waals surface area (Å²) in [5.74, 6) is 0. The molecular formula is C9H12BrNO. The number of hydrogen-bond donors (Lipinski definition) is 0. The molecule has 0 saturated carbocycles. The summed E-state index contributed by atoms with van der Waals surface area (Å²) in [6.07, 6.45) is 0.783. The zero-order valence-electron chi connectivity index (χ0n) is 7.52. The van der Waals surface area contributed by atoms with Gasteiger partial charge >= 0.3 is 0 Å². The van der Waals surface area contributed by atoms with Gasteiger partial charge < -0.3 is 4.57 Å². The Morgan fingerprint density at radius 2 is 2.17 bits per heavy atom. The van der Waals surface area contributed by atoms with E-state index in [4.69, 9.17) is 0 Å². The minimum absolute atomic E-state index is 0.109. The zero-order valence-corrected chi connectivity index (χ0v) is 9.10. The fourth-order valence-corrected chi connectivity index (χ4v) is 1.64. The van der Waals surface area contributed by atoms with Gasteiger partial charge in [0.15, 0.2) is 0 Å². The SMILES string of the molecule is CCc1cc(Br)c(C)n(C)c1=O. The lowest BCUT2D eigenvalue weighted by Gasteiger charge is -2.07. The number of halogens is 1. The van der Waals surface area contributed by atoms with Gasteiger partial charge in [-0.25, -0.2) is 0 Å². The Morgan fingerprint density at radius 3 is 2.67 bits per heavy atom. The van der Waals surface area contributed by atoms with E-state index in [1.54, 1.807) is 11.6 Å². The van der Waals surface area contributed by atoms with Gasteiger partial charge in [-0.15, -0.1) is 0 Å². The molecular weight excluding hydrogens is 218 g/mol. The molecule has 0 atom stereocenters. The van der Waals surface area contributed by atoms with Crippen molar-refractivity contribution in [3.8, 4) is 0 Å². The van der Waals surface area contributed by atoms with E-state index in [0.717, 1.165) is 22.2 Å². The molecule has 0 unspecified atom stereocenters. The molecule has 0 spiro atoms. The molecule has 1 aromatic rings. The van der Waals surface area contributed by atoms with Crippen molar-refractivity contribution in [3.05, 3.63) is 32.2 Å². The third-order valence-electron chi connectivity index (χ3n) is 2.11. The normalized spacial score (nSPS) is 10.3. The third-order valence-corrected chi connectivity index (χ3v) is 2.91. The molecule has 0 aliphatic carbocycles. The lowest BCUT2D eigenvalue weighted by molar-refractivity contribution is 0.792. The minimum atomic E-state index is 0.109. The van der Waals surface area contributed by atoms with Gasteiger partial charge in [0.1, 0.15) is 0 Å². The Hall–Kier alpha value is -0.570. The number of pyridine rings is 1. The Bertz CT molecular complexity index is 354. The van der Waals surface area contributed by atoms with Crippen molar-refractivity contribution < 1.29 is 0 Å². The summed E-state index contributed by atoms with van der Waals surface area (Å²) in [6.45, 7) is 3.91. The van der Waals surface area contributed by atoms with E-state index in [-0.39, 0.29) is 5.56 Å². The van der Waals surface area contributed by atoms with Crippen LogP contribution in [0.1, 0.15) is 18.2 Å². The van der Waals surface area contributed by atoms with E-state index in [9.17, 15) is 4.79 Å². The highest BCUT2D eigenvalue weighted by molar-refractivity contribution is 9.10. The molecule has 2 nitrogen and oxygen atoms in total. The monoisotopic (exact) mass is 229 g/mol. The van der Waals surface area contributed by atoms with Crippen LogP contribution in [0, 0.1) is 6.92 Å². The fourth-order valence-electron chi connectivity index (χ4n) is 1.10. The summed E-state index contributed by atoms with van der Waals surface area (Å²) in [7, 11) is 1.79. The molecule has 0 radical (unpaired) electrons. The lowest BCUT2D eigenvalue weighted by atomic mass is 10.2. The van der Waals surface area contributed by atoms with Crippen LogP contribution in [0.4, 0.5) is 0 Å². The molecule has 12 heavy (non-hydrogen) atoms. The predicted molar refractivity (Wildman–Crippen MR) is 53.5 cm³/mol. The number of nitrogens with zero attached hydrogens (tertiary/aromatic N) is 1. The molecule has 1 heterocycles. The number of hydrogen-bond acceptors (Lipinski definition) is 1. The number of rotatable bonds is 1. The molecule has 0 fully saturated rings. The second-order valence-corrected chi connectivity index (χ2v) is 3.67. The molecule has 0 aromatic carbocycles. The maximum absolute atomic E-state index is 11.5. The van der Waals surface area contributed by atoms with Crippen LogP contribution in [0.25, 0.3) is 0 Å². The highest BCUT2D eigenvalue weighted by Crippen LogP contribution is 2.14. The predicted octanol–water partition coefficient (Wildman–Crippen LogP) is 2.02. The summed E-state index contributed by atoms with van der Waals surface area (Å²) in [5, 5.41) is 0. The zero-order chi connectivity index (χ0) is 9.30. The van der Waals surface area contributed by atoms with Gasteiger partial charge in [-0.1, -0.05) is 6.92 Å². The Balaban J connectivity index is 3.50. The molecule has 0 amide bonds. The van der Waals surface area contributed by atoms with Gasteiger partial charge in [0, 0.05) is 22.8 Å². The highest BCUT2D eigenvalue weighted by Gasteiger charge is 2.04. The van der Waals surface area contributed by atoms with E-state index < -0.39 is 0 Å². The summed E-state index contributed by atoms with van der Waals surface area (Å²) in [4.78, 5) is 11.5. The van der Waals surface area contributed by atoms with Crippen LogP contribution in [0.3, 0.4) is 0 Å². The van der Waals surface area contributed by atoms with E-state index in [1.807, 2.05) is 19.9 Å². The second kappa shape index (κ2) is 3.44. The Labute approximate surface area is 80.3 Å². The van der Waals surface area contributed by atoms with Crippen LogP contribution in [-0.2, 0) is 13.5 Å². The van der Waals surface area contributed by atoms with Crippen LogP contribution in [0.15, 0.2) is 15.3 Å². The van der Waals surface area contributed by atoms with Crippen molar-refractivity contribution in [2.45, 2.75) is 20.3 Å². The summed E-state index contributed by atoms with van der Waals surface area (Å²) in [5.41, 5.74) is 1.94. The van der Waals surface area contributed by atoms with Gasteiger partial charge in [0.2, 0.25) is 0 Å². The van der Waals surface area contributed by atoms with Gasteiger partial charge in [0.25, 0.3) is 5.56 Å². The molecule has 1 rings (SSSR count). The molecule has 3 heteroatoms. The van der Waals surface area contributed by atoms with Crippen LogP contribution >= 0.6 is 15.9 Å². The van der Waals surface area contributed by atoms with E-state index >= 15 is 0 Å². The average Bonchev–Trinajstić information content (AvgIpc) is 2.08. The Morgan fingerprint density at radius 1 is 1.58 bits per heavy atom. The van der Waals surface area contributed by atoms with Gasteiger partial charge in [-0.3, -0.25) is 4.79 Å². The third kappa shape index (κ3) is 1.46. The van der Waals surface area contributed by atoms with Crippen LogP contribution in [0.2, 0.25) is 0 Å². The second-order valence-electron chi connectivity index (χ2n) is 2.82. The fraction of sp³-hybridized carbons (Fsp3) is 0.444. The van der Waals surface area contributed by atoms with Crippen molar-refractivity contribution >= 4 is 15.9 Å². The van der Waals surface area contributed by atoms with Crippen LogP contribution < -0.4 is 5.56 Å². The molecule has 1 aromatic heterocycles. The van der Waals surface area contributed by atoms with E-state index in [2.05, 4.69) is 15.9 Å². The first-order valence-electron chi connectivity index (χ1n) is 3.93. The van der Waals surface area contributed by atoms with Crippen molar-refractivity contribution in [1.29, 1.82) is 0 Å². The van der Waals surface area contributed by atoms with E-state index in [0.29, 0.717) is 0 Å². The first-order valence-corrected chi connectivity index (χ1v) is 4.72. The Kier molecular flexibility index (Phi) is 2.73. The lowest BCUT2D eigenvalue weighted by Crippen LogP contribution is -2.22. The quantitative estimate of drug-likeness (QED) is 0.723. The average molecular weight is 230 g/mol. The smallest absolute Gasteiger partial charge is 0.253 e. The van der Waals surface area contributed by atoms with E-state index in [1.165, 1.54) is 0 Å². The van der Waals surface area contributed by atoms with Gasteiger partial charge in [-0.2, -0.15) is 0 Å². The summed E-state index contributed by atoms with van der Waals surface area (Å²) >= 11 is 3.41. The molecule has 0 bridgehead atoms. The molecule has 0 N–H and O–H groups in total. The molecule has 0 aliphatic heterocycles. The number of aromatic nitrogens is 1. The maximum Gasteiger partial charge on any atom is 0.253 e. The van der Waals surface area contributed by atoms with Gasteiger partial charge in [0.05, 0.1) is 0 Å². The molecule has 0 aliphatic rings. The highest BCUT2D eigenvalue weighted by atomic mass is 79.9. The van der Waals surface area contributed by atoms with Crippen LogP contribution in [0.5, 0.6) is 0 Å². The topological polar surface area (TPSA) is 22.0 Å². The molecule has 0 saturated heterocycles. The largest absolute Gasteiger partial charge is 0.315 e. The standard InChI is InChI=1S/C9H12BrNO/c1-4-7-5-8(10)6(2)11(3)9(7)12/h5H,4H2,1-3H3. The summed E-state index contributed by atoms with van der Waals surface area (Å²) < 4.78 is 2.67. The van der Waals surface area contributed by atoms with Crippen molar-refractivity contribution in [2.75, 3.05) is 0 Å². The minimum Gasteiger partial charge on any atom is -0.315 e. The first-order chi connectivity index (χ1) is 5.57. The van der Waals surface area contributed by atoms with Crippen LogP contribution in [-0.4, -0.2) is 4.57 Å². The van der Waals surface area contributed by atoms with Gasteiger partial charge in [-0.05, 0) is 35.3 Å².